The fraction of sp³-hybridized carbons (Fsp3) is 1.00. The molecular weight excluding hydrogens is 260 g/mol. The van der Waals surface area contributed by atoms with E-state index in [1.807, 2.05) is 27.7 Å². The molecule has 5 heteroatoms. The summed E-state index contributed by atoms with van der Waals surface area (Å²) in [5.74, 6) is 0.114. The molecular formula is C15H30O5. The minimum atomic E-state index is -1.03. The highest BCUT2D eigenvalue weighted by Gasteiger charge is 2.46. The van der Waals surface area contributed by atoms with E-state index in [1.54, 1.807) is 0 Å². The summed E-state index contributed by atoms with van der Waals surface area (Å²) in [5, 5.41) is 30.1. The molecule has 0 aliphatic carbocycles. The quantitative estimate of drug-likeness (QED) is 0.654. The second-order valence-corrected chi connectivity index (χ2v) is 5.73. The summed E-state index contributed by atoms with van der Waals surface area (Å²) >= 11 is 0. The van der Waals surface area contributed by atoms with Gasteiger partial charge in [-0.15, -0.1) is 0 Å². The molecule has 0 radical (unpaired) electrons. The molecule has 0 aromatic rings. The van der Waals surface area contributed by atoms with Gasteiger partial charge in [-0.25, -0.2) is 0 Å². The molecule has 0 saturated carbocycles. The van der Waals surface area contributed by atoms with Crippen LogP contribution in [0.15, 0.2) is 0 Å². The highest BCUT2D eigenvalue weighted by atomic mass is 16.6. The summed E-state index contributed by atoms with van der Waals surface area (Å²) in [6.45, 7) is 7.78. The Balaban J connectivity index is 2.81. The number of hydrogen-bond donors (Lipinski definition) is 3. The summed E-state index contributed by atoms with van der Waals surface area (Å²) in [6.07, 6.45) is -1.26. The van der Waals surface area contributed by atoms with Gasteiger partial charge in [0.1, 0.15) is 24.4 Å². The Kier molecular flexibility index (Phi) is 7.40. The van der Waals surface area contributed by atoms with Crippen molar-refractivity contribution >= 4 is 0 Å². The first-order valence-corrected chi connectivity index (χ1v) is 7.77. The van der Waals surface area contributed by atoms with Gasteiger partial charge in [0.25, 0.3) is 0 Å². The maximum atomic E-state index is 10.3. The highest BCUT2D eigenvalue weighted by Crippen LogP contribution is 2.30. The Morgan fingerprint density at radius 1 is 1.05 bits per heavy atom. The molecule has 120 valence electrons. The Hall–Kier alpha value is -0.200. The van der Waals surface area contributed by atoms with Crippen molar-refractivity contribution in [2.24, 2.45) is 5.92 Å². The lowest BCUT2D eigenvalue weighted by molar-refractivity contribution is -0.260. The lowest BCUT2D eigenvalue weighted by Gasteiger charge is -2.45. The van der Waals surface area contributed by atoms with Gasteiger partial charge in [0, 0.05) is 0 Å². The summed E-state index contributed by atoms with van der Waals surface area (Å²) in [7, 11) is 0. The number of hydrogen-bond acceptors (Lipinski definition) is 5. The second-order valence-electron chi connectivity index (χ2n) is 5.73. The van der Waals surface area contributed by atoms with Crippen LogP contribution in [-0.2, 0) is 9.47 Å². The normalized spacial score (nSPS) is 36.3. The maximum absolute atomic E-state index is 10.3. The van der Waals surface area contributed by atoms with E-state index in [-0.39, 0.29) is 18.6 Å². The molecule has 3 N–H and O–H groups in total. The zero-order valence-corrected chi connectivity index (χ0v) is 13.0. The molecule has 0 amide bonds. The fourth-order valence-electron chi connectivity index (χ4n) is 2.69. The summed E-state index contributed by atoms with van der Waals surface area (Å²) < 4.78 is 11.6. The third-order valence-electron chi connectivity index (χ3n) is 4.37. The SMILES string of the molecule is CCC(CC)O[C@H]1[C@H](O)[C@@H](O)C(C(C)CC)O[C@@H]1CO. The smallest absolute Gasteiger partial charge is 0.115 e. The van der Waals surface area contributed by atoms with Crippen molar-refractivity contribution in [3.63, 3.8) is 0 Å². The zero-order valence-electron chi connectivity index (χ0n) is 13.0. The molecule has 20 heavy (non-hydrogen) atoms. The highest BCUT2D eigenvalue weighted by molar-refractivity contribution is 4.94. The van der Waals surface area contributed by atoms with Crippen molar-refractivity contribution in [1.29, 1.82) is 0 Å². The monoisotopic (exact) mass is 290 g/mol. The van der Waals surface area contributed by atoms with Crippen molar-refractivity contribution in [1.82, 2.24) is 0 Å². The van der Waals surface area contributed by atoms with Gasteiger partial charge < -0.3 is 24.8 Å². The van der Waals surface area contributed by atoms with Crippen molar-refractivity contribution < 1.29 is 24.8 Å². The van der Waals surface area contributed by atoms with Gasteiger partial charge in [-0.2, -0.15) is 0 Å². The van der Waals surface area contributed by atoms with Crippen LogP contribution >= 0.6 is 0 Å². The van der Waals surface area contributed by atoms with E-state index in [1.165, 1.54) is 0 Å². The molecule has 0 aromatic heterocycles. The average molecular weight is 290 g/mol. The van der Waals surface area contributed by atoms with E-state index >= 15 is 0 Å². The van der Waals surface area contributed by atoms with Crippen LogP contribution in [-0.4, -0.2) is 58.6 Å². The van der Waals surface area contributed by atoms with Crippen molar-refractivity contribution in [3.05, 3.63) is 0 Å². The predicted molar refractivity (Wildman–Crippen MR) is 76.5 cm³/mol. The Bertz CT molecular complexity index is 267. The fourth-order valence-corrected chi connectivity index (χ4v) is 2.69. The van der Waals surface area contributed by atoms with E-state index in [0.717, 1.165) is 19.3 Å². The lowest BCUT2D eigenvalue weighted by Crippen LogP contribution is -2.61. The second kappa shape index (κ2) is 8.29. The molecule has 5 nitrogen and oxygen atoms in total. The third-order valence-corrected chi connectivity index (χ3v) is 4.37. The standard InChI is InChI=1S/C15H30O5/c1-5-9(4)14-12(17)13(18)15(11(8-16)20-14)19-10(6-2)7-3/h9-18H,5-8H2,1-4H3/t9?,11-,12-,13-,14?,15-/m1/s1. The molecule has 1 rings (SSSR count). The van der Waals surface area contributed by atoms with E-state index < -0.39 is 30.5 Å². The summed E-state index contributed by atoms with van der Waals surface area (Å²) in [4.78, 5) is 0. The lowest BCUT2D eigenvalue weighted by atomic mass is 9.87. The van der Waals surface area contributed by atoms with Crippen molar-refractivity contribution in [2.75, 3.05) is 6.61 Å². The molecule has 1 heterocycles. The first-order chi connectivity index (χ1) is 9.49. The summed E-state index contributed by atoms with van der Waals surface area (Å²) in [6, 6.07) is 0. The Labute approximate surface area is 121 Å². The first kappa shape index (κ1) is 17.9. The predicted octanol–water partition coefficient (Wildman–Crippen LogP) is 1.09. The minimum Gasteiger partial charge on any atom is -0.394 e. The van der Waals surface area contributed by atoms with Crippen LogP contribution in [0.1, 0.15) is 47.0 Å². The van der Waals surface area contributed by atoms with Gasteiger partial charge in [0.2, 0.25) is 0 Å². The van der Waals surface area contributed by atoms with Crippen molar-refractivity contribution in [2.45, 2.75) is 83.6 Å². The molecule has 0 spiro atoms. The maximum Gasteiger partial charge on any atom is 0.115 e. The largest absolute Gasteiger partial charge is 0.394 e. The number of ether oxygens (including phenoxy) is 2. The Morgan fingerprint density at radius 3 is 2.10 bits per heavy atom. The van der Waals surface area contributed by atoms with Gasteiger partial charge >= 0.3 is 0 Å². The van der Waals surface area contributed by atoms with Gasteiger partial charge in [0.15, 0.2) is 0 Å². The van der Waals surface area contributed by atoms with Crippen LogP contribution in [0, 0.1) is 5.92 Å². The number of aliphatic hydroxyl groups is 3. The van der Waals surface area contributed by atoms with Crippen LogP contribution in [0.2, 0.25) is 0 Å². The van der Waals surface area contributed by atoms with E-state index in [0.29, 0.717) is 0 Å². The number of aliphatic hydroxyl groups excluding tert-OH is 3. The first-order valence-electron chi connectivity index (χ1n) is 7.77. The minimum absolute atomic E-state index is 0.000325. The molecule has 6 atom stereocenters. The molecule has 1 fully saturated rings. The molecule has 1 aliphatic rings. The molecule has 1 aliphatic heterocycles. The summed E-state index contributed by atoms with van der Waals surface area (Å²) in [5.41, 5.74) is 0. The van der Waals surface area contributed by atoms with Crippen LogP contribution in [0.3, 0.4) is 0 Å². The van der Waals surface area contributed by atoms with Crippen LogP contribution in [0.4, 0.5) is 0 Å². The van der Waals surface area contributed by atoms with Crippen LogP contribution in [0.25, 0.3) is 0 Å². The average Bonchev–Trinajstić information content (AvgIpc) is 2.48. The van der Waals surface area contributed by atoms with E-state index in [4.69, 9.17) is 9.47 Å². The zero-order chi connectivity index (χ0) is 15.3. The molecule has 0 bridgehead atoms. The molecule has 1 saturated heterocycles. The van der Waals surface area contributed by atoms with Gasteiger partial charge in [-0.3, -0.25) is 0 Å². The van der Waals surface area contributed by atoms with Gasteiger partial charge in [-0.05, 0) is 18.8 Å². The van der Waals surface area contributed by atoms with Crippen molar-refractivity contribution in [3.8, 4) is 0 Å². The molecule has 2 unspecified atom stereocenters. The molecule has 0 aromatic carbocycles. The van der Waals surface area contributed by atoms with E-state index in [9.17, 15) is 15.3 Å². The number of rotatable bonds is 7. The topological polar surface area (TPSA) is 79.2 Å². The Morgan fingerprint density at radius 2 is 1.65 bits per heavy atom. The van der Waals surface area contributed by atoms with Crippen LogP contribution in [0.5, 0.6) is 0 Å². The van der Waals surface area contributed by atoms with Gasteiger partial charge in [-0.1, -0.05) is 34.1 Å². The third kappa shape index (κ3) is 3.92. The van der Waals surface area contributed by atoms with E-state index in [2.05, 4.69) is 0 Å². The van der Waals surface area contributed by atoms with Gasteiger partial charge in [0.05, 0.1) is 18.8 Å². The van der Waals surface area contributed by atoms with Crippen LogP contribution < -0.4 is 0 Å².